The first-order valence-electron chi connectivity index (χ1n) is 4.34. The standard InChI is InChI=1S/C9H11N3S2/c1-6(10)2-7-3-14-9(12-7)8-4-13-5-11-8/h3-6H,2,10H2,1H3. The molecule has 1 unspecified atom stereocenters. The third-order valence-corrected chi connectivity index (χ3v) is 3.23. The van der Waals surface area contributed by atoms with E-state index >= 15 is 0 Å². The molecule has 0 amide bonds. The number of aromatic nitrogens is 2. The van der Waals surface area contributed by atoms with Gasteiger partial charge in [0.25, 0.3) is 0 Å². The molecule has 0 aliphatic rings. The van der Waals surface area contributed by atoms with Crippen LogP contribution in [0.2, 0.25) is 0 Å². The van der Waals surface area contributed by atoms with E-state index in [1.807, 2.05) is 17.8 Å². The summed E-state index contributed by atoms with van der Waals surface area (Å²) in [4.78, 5) is 8.69. The second kappa shape index (κ2) is 4.16. The van der Waals surface area contributed by atoms with Gasteiger partial charge in [-0.3, -0.25) is 0 Å². The molecule has 0 radical (unpaired) electrons. The van der Waals surface area contributed by atoms with E-state index in [-0.39, 0.29) is 6.04 Å². The Balaban J connectivity index is 2.18. The normalized spacial score (nSPS) is 13.0. The molecule has 1 atom stereocenters. The summed E-state index contributed by atoms with van der Waals surface area (Å²) in [6.45, 7) is 1.99. The van der Waals surface area contributed by atoms with Crippen LogP contribution in [0.4, 0.5) is 0 Å². The summed E-state index contributed by atoms with van der Waals surface area (Å²) >= 11 is 3.22. The van der Waals surface area contributed by atoms with E-state index in [1.54, 1.807) is 22.7 Å². The van der Waals surface area contributed by atoms with Crippen LogP contribution in [-0.4, -0.2) is 16.0 Å². The third-order valence-electron chi connectivity index (χ3n) is 1.73. The smallest absolute Gasteiger partial charge is 0.142 e. The average molecular weight is 225 g/mol. The van der Waals surface area contributed by atoms with Crippen molar-refractivity contribution in [2.24, 2.45) is 5.73 Å². The number of nitrogens with zero attached hydrogens (tertiary/aromatic N) is 2. The number of hydrogen-bond acceptors (Lipinski definition) is 5. The Morgan fingerprint density at radius 2 is 2.36 bits per heavy atom. The van der Waals surface area contributed by atoms with Crippen molar-refractivity contribution < 1.29 is 0 Å². The number of thiazole rings is 2. The lowest BCUT2D eigenvalue weighted by Crippen LogP contribution is -2.17. The molecule has 3 nitrogen and oxygen atoms in total. The van der Waals surface area contributed by atoms with Crippen LogP contribution in [-0.2, 0) is 6.42 Å². The van der Waals surface area contributed by atoms with Crippen LogP contribution in [0.15, 0.2) is 16.3 Å². The molecule has 74 valence electrons. The number of hydrogen-bond donors (Lipinski definition) is 1. The molecule has 0 aromatic carbocycles. The second-order valence-corrected chi connectivity index (χ2v) is 4.78. The molecule has 2 N–H and O–H groups in total. The van der Waals surface area contributed by atoms with E-state index in [1.165, 1.54) is 0 Å². The van der Waals surface area contributed by atoms with Crippen LogP contribution in [0.25, 0.3) is 10.7 Å². The molecule has 0 saturated carbocycles. The van der Waals surface area contributed by atoms with Gasteiger partial charge in [0.15, 0.2) is 0 Å². The Kier molecular flexibility index (Phi) is 2.90. The van der Waals surface area contributed by atoms with Gasteiger partial charge in [0.05, 0.1) is 11.2 Å². The SMILES string of the molecule is CC(N)Cc1csc(-c2cscn2)n1. The summed E-state index contributed by atoms with van der Waals surface area (Å²) in [5.41, 5.74) is 9.56. The zero-order valence-electron chi connectivity index (χ0n) is 7.80. The quantitative estimate of drug-likeness (QED) is 0.871. The van der Waals surface area contributed by atoms with Crippen LogP contribution in [0.1, 0.15) is 12.6 Å². The maximum absolute atomic E-state index is 5.70. The van der Waals surface area contributed by atoms with Crippen molar-refractivity contribution in [2.75, 3.05) is 0 Å². The highest BCUT2D eigenvalue weighted by atomic mass is 32.1. The van der Waals surface area contributed by atoms with E-state index in [0.717, 1.165) is 22.8 Å². The van der Waals surface area contributed by atoms with E-state index in [2.05, 4.69) is 15.3 Å². The molecule has 0 bridgehead atoms. The van der Waals surface area contributed by atoms with Crippen molar-refractivity contribution >= 4 is 22.7 Å². The van der Waals surface area contributed by atoms with Crippen LogP contribution < -0.4 is 5.73 Å². The first-order valence-corrected chi connectivity index (χ1v) is 6.16. The monoisotopic (exact) mass is 225 g/mol. The highest BCUT2D eigenvalue weighted by Gasteiger charge is 2.07. The maximum atomic E-state index is 5.70. The van der Waals surface area contributed by atoms with Crippen molar-refractivity contribution in [1.82, 2.24) is 9.97 Å². The van der Waals surface area contributed by atoms with Crippen molar-refractivity contribution in [3.8, 4) is 10.7 Å². The number of nitrogens with two attached hydrogens (primary N) is 1. The second-order valence-electron chi connectivity index (χ2n) is 3.20. The van der Waals surface area contributed by atoms with E-state index < -0.39 is 0 Å². The topological polar surface area (TPSA) is 51.8 Å². The van der Waals surface area contributed by atoms with E-state index in [9.17, 15) is 0 Å². The van der Waals surface area contributed by atoms with Crippen LogP contribution in [0.5, 0.6) is 0 Å². The molecule has 2 heterocycles. The maximum Gasteiger partial charge on any atom is 0.142 e. The summed E-state index contributed by atoms with van der Waals surface area (Å²) in [6, 6.07) is 0.167. The molecule has 0 aliphatic heterocycles. The van der Waals surface area contributed by atoms with Crippen molar-refractivity contribution in [1.29, 1.82) is 0 Å². The van der Waals surface area contributed by atoms with Crippen molar-refractivity contribution in [2.45, 2.75) is 19.4 Å². The fourth-order valence-corrected chi connectivity index (χ4v) is 2.58. The van der Waals surface area contributed by atoms with Gasteiger partial charge in [-0.25, -0.2) is 9.97 Å². The Morgan fingerprint density at radius 3 is 3.00 bits per heavy atom. The lowest BCUT2D eigenvalue weighted by Gasteiger charge is -1.99. The lowest BCUT2D eigenvalue weighted by molar-refractivity contribution is 0.726. The van der Waals surface area contributed by atoms with Gasteiger partial charge in [-0.2, -0.15) is 0 Å². The molecule has 2 aromatic rings. The Labute approximate surface area is 90.6 Å². The Morgan fingerprint density at radius 1 is 1.50 bits per heavy atom. The van der Waals surface area contributed by atoms with Crippen molar-refractivity contribution in [3.05, 3.63) is 22.0 Å². The summed E-state index contributed by atoms with van der Waals surface area (Å²) in [5, 5.41) is 5.05. The van der Waals surface area contributed by atoms with Crippen molar-refractivity contribution in [3.63, 3.8) is 0 Å². The predicted octanol–water partition coefficient (Wildman–Crippen LogP) is 2.16. The van der Waals surface area contributed by atoms with Gasteiger partial charge in [0, 0.05) is 23.2 Å². The van der Waals surface area contributed by atoms with Gasteiger partial charge >= 0.3 is 0 Å². The summed E-state index contributed by atoms with van der Waals surface area (Å²) < 4.78 is 0. The predicted molar refractivity (Wildman–Crippen MR) is 60.6 cm³/mol. The Hall–Kier alpha value is -0.780. The van der Waals surface area contributed by atoms with Gasteiger partial charge in [-0.05, 0) is 6.92 Å². The molecule has 0 aliphatic carbocycles. The van der Waals surface area contributed by atoms with Crippen LogP contribution >= 0.6 is 22.7 Å². The minimum absolute atomic E-state index is 0.167. The molecular formula is C9H11N3S2. The molecule has 5 heteroatoms. The van der Waals surface area contributed by atoms with E-state index in [4.69, 9.17) is 5.73 Å². The first-order chi connectivity index (χ1) is 6.75. The zero-order chi connectivity index (χ0) is 9.97. The highest BCUT2D eigenvalue weighted by molar-refractivity contribution is 7.13. The van der Waals surface area contributed by atoms with Gasteiger partial charge in [0.2, 0.25) is 0 Å². The van der Waals surface area contributed by atoms with Gasteiger partial charge in [0.1, 0.15) is 10.7 Å². The summed E-state index contributed by atoms with van der Waals surface area (Å²) in [6.07, 6.45) is 0.834. The largest absolute Gasteiger partial charge is 0.328 e. The van der Waals surface area contributed by atoms with Crippen LogP contribution in [0, 0.1) is 0 Å². The molecule has 0 saturated heterocycles. The molecular weight excluding hydrogens is 214 g/mol. The van der Waals surface area contributed by atoms with Gasteiger partial charge < -0.3 is 5.73 Å². The Bertz CT molecular complexity index is 392. The summed E-state index contributed by atoms with van der Waals surface area (Å²) in [7, 11) is 0. The molecule has 2 rings (SSSR count). The fraction of sp³-hybridized carbons (Fsp3) is 0.333. The molecule has 0 spiro atoms. The minimum atomic E-state index is 0.167. The fourth-order valence-electron chi connectivity index (χ4n) is 1.17. The first kappa shape index (κ1) is 9.76. The third kappa shape index (κ3) is 2.17. The highest BCUT2D eigenvalue weighted by Crippen LogP contribution is 2.23. The molecule has 0 fully saturated rings. The van der Waals surface area contributed by atoms with Crippen LogP contribution in [0.3, 0.4) is 0 Å². The van der Waals surface area contributed by atoms with Gasteiger partial charge in [-0.15, -0.1) is 22.7 Å². The van der Waals surface area contributed by atoms with E-state index in [0.29, 0.717) is 0 Å². The zero-order valence-corrected chi connectivity index (χ0v) is 9.44. The minimum Gasteiger partial charge on any atom is -0.328 e. The summed E-state index contributed by atoms with van der Waals surface area (Å²) in [5.74, 6) is 0. The van der Waals surface area contributed by atoms with Gasteiger partial charge in [-0.1, -0.05) is 0 Å². The average Bonchev–Trinajstić information content (AvgIpc) is 2.69. The number of rotatable bonds is 3. The lowest BCUT2D eigenvalue weighted by atomic mass is 10.2. The molecule has 14 heavy (non-hydrogen) atoms. The molecule has 2 aromatic heterocycles.